The van der Waals surface area contributed by atoms with E-state index >= 15 is 0 Å². The first kappa shape index (κ1) is 23.7. The fourth-order valence-electron chi connectivity index (χ4n) is 8.68. The monoisotopic (exact) mass is 538 g/mol. The summed E-state index contributed by atoms with van der Waals surface area (Å²) in [5, 5.41) is 0. The molecule has 0 amide bonds. The summed E-state index contributed by atoms with van der Waals surface area (Å²) < 4.78 is 5.58. The molecule has 4 aliphatic rings. The Morgan fingerprint density at radius 1 is 0.900 bits per heavy atom. The summed E-state index contributed by atoms with van der Waals surface area (Å²) in [5.74, 6) is 2.38. The molecule has 3 nitrogen and oxygen atoms in total. The van der Waals surface area contributed by atoms with Crippen LogP contribution in [0.25, 0.3) is 0 Å². The van der Waals surface area contributed by atoms with Crippen molar-refractivity contribution in [2.24, 2.45) is 40.4 Å². The van der Waals surface area contributed by atoms with Gasteiger partial charge in [0.2, 0.25) is 0 Å². The van der Waals surface area contributed by atoms with Crippen molar-refractivity contribution >= 4 is 52.3 Å². The van der Waals surface area contributed by atoms with Crippen molar-refractivity contribution in [3.8, 4) is 0 Å². The van der Waals surface area contributed by atoms with Crippen LogP contribution in [-0.4, -0.2) is 28.3 Å². The van der Waals surface area contributed by atoms with Gasteiger partial charge in [0.15, 0.2) is 0 Å². The van der Waals surface area contributed by atoms with Crippen LogP contribution in [-0.2, 0) is 14.3 Å². The maximum atomic E-state index is 12.8. The summed E-state index contributed by atoms with van der Waals surface area (Å²) >= 11 is 0. The fourth-order valence-corrected chi connectivity index (χ4v) is 15.2. The number of carbonyl (C=O) groups excluding carboxylic acids is 2. The molecule has 0 N–H and O–H groups in total. The Bertz CT molecular complexity index is 725. The Labute approximate surface area is 196 Å². The molecule has 9 atom stereocenters. The van der Waals surface area contributed by atoms with Gasteiger partial charge in [-0.2, -0.15) is 0 Å². The van der Waals surface area contributed by atoms with Gasteiger partial charge in [0.25, 0.3) is 0 Å². The van der Waals surface area contributed by atoms with E-state index in [9.17, 15) is 9.59 Å². The Balaban J connectivity index is 1.60. The van der Waals surface area contributed by atoms with Crippen LogP contribution in [0.3, 0.4) is 0 Å². The molecule has 0 aromatic carbocycles. The number of halogens is 3. The SMILES string of the molecule is CC(=O)O[C@H]1CC[C@@]2(C)[C@@H](CC[C@@H]3[C@@H]2CC[C@@]2(C)[C@H]3C[C@H]([Ge]([Cl])([Cl])[Cl])[C@@H]2C(C)=O)C1. The maximum absolute atomic E-state index is 12.8. The second-order valence-corrected chi connectivity index (χ2v) is 27.3. The standard InChI is InChI=1S/C23H35Cl3GeO3/c1-13(28)21-20(27(24,25)26)12-19-17-6-5-15-11-16(30-14(2)29)7-9-22(15,3)18(17)8-10-23(19,21)4/h15-21H,5-12H2,1-4H3/t15-,16-,17+,18-,19-,20-,21-,22-,23-/m0/s1. The van der Waals surface area contributed by atoms with Crippen molar-refractivity contribution in [2.45, 2.75) is 89.9 Å². The third-order valence-electron chi connectivity index (χ3n) is 9.87. The van der Waals surface area contributed by atoms with E-state index in [1.165, 1.54) is 26.2 Å². The molecular formula is C23H35Cl3GeO3. The van der Waals surface area contributed by atoms with E-state index in [1.807, 2.05) is 0 Å². The number of Topliss-reactive ketones (excluding diaryl/α,β-unsaturated/α-hetero) is 1. The van der Waals surface area contributed by atoms with Crippen LogP contribution in [0.5, 0.6) is 0 Å². The van der Waals surface area contributed by atoms with Crippen LogP contribution in [0.15, 0.2) is 0 Å². The molecule has 0 aromatic heterocycles. The molecule has 0 spiro atoms. The quantitative estimate of drug-likeness (QED) is 0.293. The first-order valence-electron chi connectivity index (χ1n) is 11.6. The molecule has 0 radical (unpaired) electrons. The van der Waals surface area contributed by atoms with Crippen molar-refractivity contribution in [1.82, 2.24) is 0 Å². The molecule has 4 fully saturated rings. The van der Waals surface area contributed by atoms with E-state index < -0.39 is 10.5 Å². The number of rotatable bonds is 3. The molecule has 0 unspecified atom stereocenters. The zero-order valence-electron chi connectivity index (χ0n) is 18.6. The Hall–Kier alpha value is 0.553. The van der Waals surface area contributed by atoms with E-state index in [0.717, 1.165) is 32.1 Å². The Kier molecular flexibility index (Phi) is 6.40. The number of carbonyl (C=O) groups is 2. The van der Waals surface area contributed by atoms with E-state index in [1.54, 1.807) is 6.92 Å². The van der Waals surface area contributed by atoms with Crippen molar-refractivity contribution in [1.29, 1.82) is 0 Å². The minimum absolute atomic E-state index is 0.00789. The summed E-state index contributed by atoms with van der Waals surface area (Å²) in [5.41, 5.74) is 0.275. The minimum atomic E-state index is -3.53. The second kappa shape index (κ2) is 8.10. The first-order valence-corrected chi connectivity index (χ1v) is 21.1. The van der Waals surface area contributed by atoms with Gasteiger partial charge in [0, 0.05) is 0 Å². The molecule has 0 aromatic rings. The predicted octanol–water partition coefficient (Wildman–Crippen LogP) is 6.80. The van der Waals surface area contributed by atoms with Gasteiger partial charge in [-0.25, -0.2) is 0 Å². The molecule has 0 aliphatic heterocycles. The van der Waals surface area contributed by atoms with E-state index in [2.05, 4.69) is 13.8 Å². The molecule has 0 bridgehead atoms. The van der Waals surface area contributed by atoms with E-state index in [-0.39, 0.29) is 33.9 Å². The molecule has 170 valence electrons. The summed E-state index contributed by atoms with van der Waals surface area (Å²) in [6.07, 6.45) is 8.74. The van der Waals surface area contributed by atoms with E-state index in [4.69, 9.17) is 34.8 Å². The van der Waals surface area contributed by atoms with Gasteiger partial charge in [-0.05, 0) is 0 Å². The molecule has 4 rings (SSSR count). The fraction of sp³-hybridized carbons (Fsp3) is 0.913. The van der Waals surface area contributed by atoms with Gasteiger partial charge in [0.1, 0.15) is 0 Å². The van der Waals surface area contributed by atoms with Crippen molar-refractivity contribution in [2.75, 3.05) is 0 Å². The zero-order valence-corrected chi connectivity index (χ0v) is 22.9. The average molecular weight is 538 g/mol. The third kappa shape index (κ3) is 3.80. The van der Waals surface area contributed by atoms with E-state index in [0.29, 0.717) is 29.1 Å². The van der Waals surface area contributed by atoms with Crippen LogP contribution >= 0.6 is 30.0 Å². The van der Waals surface area contributed by atoms with Crippen LogP contribution in [0.1, 0.15) is 79.1 Å². The topological polar surface area (TPSA) is 43.4 Å². The van der Waals surface area contributed by atoms with Crippen LogP contribution in [0, 0.1) is 40.4 Å². The van der Waals surface area contributed by atoms with Gasteiger partial charge < -0.3 is 0 Å². The predicted molar refractivity (Wildman–Crippen MR) is 124 cm³/mol. The van der Waals surface area contributed by atoms with Crippen LogP contribution in [0.4, 0.5) is 0 Å². The normalized spacial score (nSPS) is 48.3. The van der Waals surface area contributed by atoms with Crippen molar-refractivity contribution in [3.63, 3.8) is 0 Å². The van der Waals surface area contributed by atoms with Gasteiger partial charge in [0.05, 0.1) is 0 Å². The molecule has 0 saturated heterocycles. The first-order chi connectivity index (χ1) is 13.9. The van der Waals surface area contributed by atoms with Crippen molar-refractivity contribution in [3.05, 3.63) is 0 Å². The molecule has 0 heterocycles. The number of hydrogen-bond acceptors (Lipinski definition) is 3. The van der Waals surface area contributed by atoms with Crippen molar-refractivity contribution < 1.29 is 14.3 Å². The number of fused-ring (bicyclic) bond motifs is 5. The number of esters is 1. The zero-order chi connectivity index (χ0) is 22.1. The molecule has 30 heavy (non-hydrogen) atoms. The average Bonchev–Trinajstić information content (AvgIpc) is 2.95. The van der Waals surface area contributed by atoms with Gasteiger partial charge in [-0.3, -0.25) is 0 Å². The summed E-state index contributed by atoms with van der Waals surface area (Å²) in [7, 11) is 16.3. The van der Waals surface area contributed by atoms with Gasteiger partial charge >= 0.3 is 197 Å². The third-order valence-corrected chi connectivity index (χ3v) is 17.2. The molecule has 4 saturated carbocycles. The summed E-state index contributed by atoms with van der Waals surface area (Å²) in [4.78, 5) is 24.2. The number of ether oxygens (including phenoxy) is 1. The Morgan fingerprint density at radius 2 is 1.57 bits per heavy atom. The number of hydrogen-bond donors (Lipinski definition) is 0. The number of ketones is 1. The van der Waals surface area contributed by atoms with Crippen LogP contribution < -0.4 is 0 Å². The Morgan fingerprint density at radius 3 is 2.17 bits per heavy atom. The molecule has 7 heteroatoms. The molecule has 4 aliphatic carbocycles. The summed E-state index contributed by atoms with van der Waals surface area (Å²) in [6, 6.07) is 0. The molecular weight excluding hydrogens is 503 g/mol. The van der Waals surface area contributed by atoms with Gasteiger partial charge in [-0.15, -0.1) is 0 Å². The summed E-state index contributed by atoms with van der Waals surface area (Å²) in [6.45, 7) is 8.04. The van der Waals surface area contributed by atoms with Gasteiger partial charge in [-0.1, -0.05) is 0 Å². The second-order valence-electron chi connectivity index (χ2n) is 11.2. The van der Waals surface area contributed by atoms with Crippen LogP contribution in [0.2, 0.25) is 4.75 Å².